The lowest BCUT2D eigenvalue weighted by molar-refractivity contribution is 0.191. The molecule has 0 saturated heterocycles. The lowest BCUT2D eigenvalue weighted by atomic mass is 10.1. The number of aliphatic hydroxyl groups excluding tert-OH is 1. The van der Waals surface area contributed by atoms with E-state index in [1.807, 2.05) is 6.07 Å². The number of ether oxygens (including phenoxy) is 1. The minimum atomic E-state index is -0.802. The van der Waals surface area contributed by atoms with Gasteiger partial charge < -0.3 is 15.2 Å². The Morgan fingerprint density at radius 1 is 1.29 bits per heavy atom. The molecule has 0 amide bonds. The largest absolute Gasteiger partial charge is 0.497 e. The highest BCUT2D eigenvalue weighted by molar-refractivity contribution is 5.50. The third kappa shape index (κ3) is 3.71. The SMILES string of the molecule is COc1ccc(F)c(NCC(O)c2ccc(C#N)cc2)c1. The van der Waals surface area contributed by atoms with Gasteiger partial charge in [0.15, 0.2) is 0 Å². The number of rotatable bonds is 5. The minimum absolute atomic E-state index is 0.149. The van der Waals surface area contributed by atoms with Gasteiger partial charge in [-0.1, -0.05) is 12.1 Å². The summed E-state index contributed by atoms with van der Waals surface area (Å²) in [4.78, 5) is 0. The fraction of sp³-hybridized carbons (Fsp3) is 0.188. The molecule has 0 aliphatic heterocycles. The standard InChI is InChI=1S/C16H15FN2O2/c1-21-13-6-7-14(17)15(8-13)19-10-16(20)12-4-2-11(9-18)3-5-12/h2-8,16,19-20H,10H2,1H3. The van der Waals surface area contributed by atoms with E-state index in [1.54, 1.807) is 24.3 Å². The maximum atomic E-state index is 13.6. The zero-order valence-electron chi connectivity index (χ0n) is 11.5. The van der Waals surface area contributed by atoms with Crippen molar-refractivity contribution in [2.24, 2.45) is 0 Å². The van der Waals surface area contributed by atoms with Gasteiger partial charge in [0.1, 0.15) is 11.6 Å². The van der Waals surface area contributed by atoms with E-state index in [1.165, 1.54) is 25.3 Å². The number of nitrogens with zero attached hydrogens (tertiary/aromatic N) is 1. The molecule has 0 fully saturated rings. The normalized spacial score (nSPS) is 11.5. The molecule has 0 aliphatic rings. The van der Waals surface area contributed by atoms with Crippen LogP contribution in [0.3, 0.4) is 0 Å². The van der Waals surface area contributed by atoms with E-state index in [2.05, 4.69) is 5.32 Å². The number of nitrogens with one attached hydrogen (secondary N) is 1. The smallest absolute Gasteiger partial charge is 0.146 e. The summed E-state index contributed by atoms with van der Waals surface area (Å²) in [6.45, 7) is 0.149. The highest BCUT2D eigenvalue weighted by atomic mass is 19.1. The molecule has 5 heteroatoms. The monoisotopic (exact) mass is 286 g/mol. The van der Waals surface area contributed by atoms with Crippen LogP contribution in [0.4, 0.5) is 10.1 Å². The first-order valence-corrected chi connectivity index (χ1v) is 6.39. The second-order valence-electron chi connectivity index (χ2n) is 4.48. The van der Waals surface area contributed by atoms with E-state index < -0.39 is 11.9 Å². The lowest BCUT2D eigenvalue weighted by Crippen LogP contribution is -2.13. The van der Waals surface area contributed by atoms with E-state index in [9.17, 15) is 9.50 Å². The number of methoxy groups -OCH3 is 1. The van der Waals surface area contributed by atoms with Crippen molar-refractivity contribution in [2.45, 2.75) is 6.10 Å². The van der Waals surface area contributed by atoms with Gasteiger partial charge in [-0.25, -0.2) is 4.39 Å². The maximum Gasteiger partial charge on any atom is 0.146 e. The molecule has 21 heavy (non-hydrogen) atoms. The molecule has 2 rings (SSSR count). The quantitative estimate of drug-likeness (QED) is 0.887. The van der Waals surface area contributed by atoms with Gasteiger partial charge >= 0.3 is 0 Å². The van der Waals surface area contributed by atoms with E-state index in [-0.39, 0.29) is 12.2 Å². The molecule has 2 N–H and O–H groups in total. The second-order valence-corrected chi connectivity index (χ2v) is 4.48. The Bertz CT molecular complexity index is 650. The van der Waals surface area contributed by atoms with Crippen molar-refractivity contribution in [3.05, 3.63) is 59.4 Å². The molecule has 1 atom stereocenters. The van der Waals surface area contributed by atoms with Crippen LogP contribution in [0, 0.1) is 17.1 Å². The first kappa shape index (κ1) is 14.8. The zero-order chi connectivity index (χ0) is 15.2. The molecule has 0 radical (unpaired) electrons. The predicted octanol–water partition coefficient (Wildman–Crippen LogP) is 2.85. The van der Waals surface area contributed by atoms with E-state index in [4.69, 9.17) is 10.00 Å². The van der Waals surface area contributed by atoms with Crippen molar-refractivity contribution in [1.82, 2.24) is 0 Å². The van der Waals surface area contributed by atoms with Gasteiger partial charge in [-0.2, -0.15) is 5.26 Å². The van der Waals surface area contributed by atoms with Gasteiger partial charge in [0.25, 0.3) is 0 Å². The van der Waals surface area contributed by atoms with Crippen molar-refractivity contribution in [3.63, 3.8) is 0 Å². The van der Waals surface area contributed by atoms with E-state index in [0.717, 1.165) is 0 Å². The summed E-state index contributed by atoms with van der Waals surface area (Å²) < 4.78 is 18.6. The molecule has 4 nitrogen and oxygen atoms in total. The van der Waals surface area contributed by atoms with Crippen LogP contribution in [0.1, 0.15) is 17.2 Å². The van der Waals surface area contributed by atoms with Gasteiger partial charge in [0, 0.05) is 12.6 Å². The molecule has 0 aromatic heterocycles. The average molecular weight is 286 g/mol. The molecule has 2 aromatic carbocycles. The molecule has 0 saturated carbocycles. The Balaban J connectivity index is 2.03. The molecule has 0 bridgehead atoms. The number of nitriles is 1. The fourth-order valence-corrected chi connectivity index (χ4v) is 1.87. The lowest BCUT2D eigenvalue weighted by Gasteiger charge is -2.14. The molecule has 1 unspecified atom stereocenters. The van der Waals surface area contributed by atoms with Gasteiger partial charge in [-0.05, 0) is 29.8 Å². The van der Waals surface area contributed by atoms with Crippen LogP contribution in [-0.4, -0.2) is 18.8 Å². The molecule has 0 spiro atoms. The minimum Gasteiger partial charge on any atom is -0.497 e. The summed E-state index contributed by atoms with van der Waals surface area (Å²) in [6.07, 6.45) is -0.802. The van der Waals surface area contributed by atoms with Crippen molar-refractivity contribution in [1.29, 1.82) is 5.26 Å². The van der Waals surface area contributed by atoms with Crippen LogP contribution >= 0.6 is 0 Å². The van der Waals surface area contributed by atoms with Crippen LogP contribution in [-0.2, 0) is 0 Å². The predicted molar refractivity (Wildman–Crippen MR) is 77.6 cm³/mol. The summed E-state index contributed by atoms with van der Waals surface area (Å²) in [5, 5.41) is 21.6. The molecular weight excluding hydrogens is 271 g/mol. The van der Waals surface area contributed by atoms with E-state index >= 15 is 0 Å². The fourth-order valence-electron chi connectivity index (χ4n) is 1.87. The molecule has 108 valence electrons. The number of benzene rings is 2. The zero-order valence-corrected chi connectivity index (χ0v) is 11.5. The molecular formula is C16H15FN2O2. The number of halogens is 1. The van der Waals surface area contributed by atoms with Crippen LogP contribution in [0.25, 0.3) is 0 Å². The summed E-state index contributed by atoms with van der Waals surface area (Å²) in [5.74, 6) is 0.120. The summed E-state index contributed by atoms with van der Waals surface area (Å²) in [7, 11) is 1.50. The third-order valence-corrected chi connectivity index (χ3v) is 3.08. The Labute approximate surface area is 122 Å². The topological polar surface area (TPSA) is 65.3 Å². The average Bonchev–Trinajstić information content (AvgIpc) is 2.54. The Hall–Kier alpha value is -2.58. The van der Waals surface area contributed by atoms with Crippen LogP contribution in [0.2, 0.25) is 0 Å². The number of hydrogen-bond donors (Lipinski definition) is 2. The summed E-state index contributed by atoms with van der Waals surface area (Å²) in [5.41, 5.74) is 1.45. The Kier molecular flexibility index (Phi) is 4.75. The van der Waals surface area contributed by atoms with Gasteiger partial charge in [-0.15, -0.1) is 0 Å². The third-order valence-electron chi connectivity index (χ3n) is 3.08. The maximum absolute atomic E-state index is 13.6. The summed E-state index contributed by atoms with van der Waals surface area (Å²) in [6, 6.07) is 13.0. The molecule has 0 aliphatic carbocycles. The van der Waals surface area contributed by atoms with Gasteiger partial charge in [0.05, 0.1) is 30.5 Å². The second kappa shape index (κ2) is 6.73. The molecule has 2 aromatic rings. The van der Waals surface area contributed by atoms with E-state index in [0.29, 0.717) is 16.9 Å². The van der Waals surface area contributed by atoms with Crippen molar-refractivity contribution in [3.8, 4) is 11.8 Å². The van der Waals surface area contributed by atoms with Crippen molar-refractivity contribution >= 4 is 5.69 Å². The van der Waals surface area contributed by atoms with Crippen LogP contribution in [0.15, 0.2) is 42.5 Å². The number of hydrogen-bond acceptors (Lipinski definition) is 4. The number of anilines is 1. The first-order valence-electron chi connectivity index (χ1n) is 6.39. The van der Waals surface area contributed by atoms with Gasteiger partial charge in [-0.3, -0.25) is 0 Å². The highest BCUT2D eigenvalue weighted by Gasteiger charge is 2.09. The van der Waals surface area contributed by atoms with Crippen molar-refractivity contribution < 1.29 is 14.2 Å². The Morgan fingerprint density at radius 2 is 2.00 bits per heavy atom. The van der Waals surface area contributed by atoms with Crippen molar-refractivity contribution in [2.75, 3.05) is 19.0 Å². The molecule has 0 heterocycles. The first-order chi connectivity index (χ1) is 10.1. The summed E-state index contributed by atoms with van der Waals surface area (Å²) >= 11 is 0. The van der Waals surface area contributed by atoms with Crippen LogP contribution in [0.5, 0.6) is 5.75 Å². The Morgan fingerprint density at radius 3 is 2.62 bits per heavy atom. The van der Waals surface area contributed by atoms with Crippen LogP contribution < -0.4 is 10.1 Å². The number of aliphatic hydroxyl groups is 1. The highest BCUT2D eigenvalue weighted by Crippen LogP contribution is 2.22. The van der Waals surface area contributed by atoms with Gasteiger partial charge in [0.2, 0.25) is 0 Å².